The van der Waals surface area contributed by atoms with Crippen LogP contribution in [-0.4, -0.2) is 42.9 Å². The van der Waals surface area contributed by atoms with E-state index in [1.807, 2.05) is 25.1 Å². The summed E-state index contributed by atoms with van der Waals surface area (Å²) in [4.78, 5) is 25.0. The van der Waals surface area contributed by atoms with E-state index < -0.39 is 0 Å². The van der Waals surface area contributed by atoms with Crippen LogP contribution in [0, 0.1) is 6.92 Å². The molecule has 6 heteroatoms. The van der Waals surface area contributed by atoms with Crippen molar-refractivity contribution in [1.29, 1.82) is 0 Å². The molecule has 2 N–H and O–H groups in total. The Labute approximate surface area is 129 Å². The van der Waals surface area contributed by atoms with Gasteiger partial charge in [0.25, 0.3) is 0 Å². The van der Waals surface area contributed by atoms with Gasteiger partial charge in [0, 0.05) is 13.1 Å². The van der Waals surface area contributed by atoms with Crippen LogP contribution in [-0.2, 0) is 9.59 Å². The summed E-state index contributed by atoms with van der Waals surface area (Å²) >= 11 is 6.09. The van der Waals surface area contributed by atoms with Gasteiger partial charge < -0.3 is 15.5 Å². The van der Waals surface area contributed by atoms with Gasteiger partial charge in [0.1, 0.15) is 0 Å². The molecule has 1 aromatic rings. The highest BCUT2D eigenvalue weighted by molar-refractivity contribution is 6.33. The van der Waals surface area contributed by atoms with Crippen molar-refractivity contribution in [3.8, 4) is 0 Å². The van der Waals surface area contributed by atoms with Crippen molar-refractivity contribution >= 4 is 29.1 Å². The first-order chi connectivity index (χ1) is 9.95. The van der Waals surface area contributed by atoms with Crippen LogP contribution < -0.4 is 10.6 Å². The zero-order chi connectivity index (χ0) is 15.4. The highest BCUT2D eigenvalue weighted by Crippen LogP contribution is 2.22. The summed E-state index contributed by atoms with van der Waals surface area (Å²) in [6.07, 6.45) is 2.08. The Morgan fingerprint density at radius 1 is 1.38 bits per heavy atom. The summed E-state index contributed by atoms with van der Waals surface area (Å²) in [7, 11) is 1.62. The first-order valence-corrected chi connectivity index (χ1v) is 7.37. The predicted octanol–water partition coefficient (Wildman–Crippen LogP) is 1.80. The molecule has 21 heavy (non-hydrogen) atoms. The molecule has 2 amide bonds. The summed E-state index contributed by atoms with van der Waals surface area (Å²) in [5.74, 6) is -0.265. The van der Waals surface area contributed by atoms with Gasteiger partial charge in [-0.1, -0.05) is 17.7 Å². The van der Waals surface area contributed by atoms with Gasteiger partial charge in [0.15, 0.2) is 0 Å². The number of nitrogens with one attached hydrogen (secondary N) is 2. The lowest BCUT2D eigenvalue weighted by molar-refractivity contribution is -0.133. The maximum absolute atomic E-state index is 12.0. The Morgan fingerprint density at radius 2 is 2.10 bits per heavy atom. The van der Waals surface area contributed by atoms with Crippen molar-refractivity contribution in [2.45, 2.75) is 25.8 Å². The third-order valence-electron chi connectivity index (χ3n) is 3.30. The molecule has 5 nitrogen and oxygen atoms in total. The van der Waals surface area contributed by atoms with Gasteiger partial charge in [-0.25, -0.2) is 0 Å². The minimum Gasteiger partial charge on any atom is -0.375 e. The van der Waals surface area contributed by atoms with E-state index in [-0.39, 0.29) is 24.9 Å². The molecule has 0 bridgehead atoms. The van der Waals surface area contributed by atoms with E-state index in [0.29, 0.717) is 16.8 Å². The fraction of sp³-hybridized carbons (Fsp3) is 0.467. The number of carbonyl (C=O) groups is 2. The molecule has 1 saturated carbocycles. The number of nitrogens with zero attached hydrogens (tertiary/aromatic N) is 1. The summed E-state index contributed by atoms with van der Waals surface area (Å²) in [5, 5.41) is 6.43. The van der Waals surface area contributed by atoms with Crippen LogP contribution >= 0.6 is 11.6 Å². The average Bonchev–Trinajstić information content (AvgIpc) is 3.21. The van der Waals surface area contributed by atoms with Crippen molar-refractivity contribution in [3.63, 3.8) is 0 Å². The Bertz CT molecular complexity index is 544. The molecule has 1 aliphatic rings. The zero-order valence-corrected chi connectivity index (χ0v) is 13.0. The monoisotopic (exact) mass is 309 g/mol. The van der Waals surface area contributed by atoms with Crippen LogP contribution in [0.2, 0.25) is 5.02 Å². The molecule has 0 spiro atoms. The van der Waals surface area contributed by atoms with Gasteiger partial charge >= 0.3 is 0 Å². The Hall–Kier alpha value is -1.75. The van der Waals surface area contributed by atoms with Gasteiger partial charge in [-0.15, -0.1) is 0 Å². The maximum atomic E-state index is 12.0. The largest absolute Gasteiger partial charge is 0.375 e. The topological polar surface area (TPSA) is 61.4 Å². The van der Waals surface area contributed by atoms with Gasteiger partial charge in [-0.2, -0.15) is 0 Å². The minimum atomic E-state index is -0.155. The molecular formula is C15H20ClN3O2. The van der Waals surface area contributed by atoms with Crippen molar-refractivity contribution in [2.75, 3.05) is 25.5 Å². The molecule has 0 radical (unpaired) electrons. The van der Waals surface area contributed by atoms with Gasteiger partial charge in [0.05, 0.1) is 23.8 Å². The lowest BCUT2D eigenvalue weighted by atomic mass is 10.2. The van der Waals surface area contributed by atoms with Crippen molar-refractivity contribution in [1.82, 2.24) is 10.2 Å². The summed E-state index contributed by atoms with van der Waals surface area (Å²) in [6, 6.07) is 5.91. The molecule has 0 heterocycles. The molecule has 2 rings (SSSR count). The standard InChI is InChI=1S/C15H20ClN3O2/c1-10-3-6-13(12(16)7-10)17-8-15(21)19(2)9-14(20)18-11-4-5-11/h3,6-7,11,17H,4-5,8-9H2,1-2H3,(H,18,20). The van der Waals surface area contributed by atoms with Crippen molar-refractivity contribution in [2.24, 2.45) is 0 Å². The second kappa shape index (κ2) is 6.80. The third kappa shape index (κ3) is 4.93. The Balaban J connectivity index is 1.78. The predicted molar refractivity (Wildman–Crippen MR) is 83.5 cm³/mol. The van der Waals surface area contributed by atoms with E-state index in [1.165, 1.54) is 4.90 Å². The summed E-state index contributed by atoms with van der Waals surface area (Å²) in [5.41, 5.74) is 1.78. The number of rotatable bonds is 6. The molecular weight excluding hydrogens is 290 g/mol. The fourth-order valence-electron chi connectivity index (χ4n) is 1.87. The van der Waals surface area contributed by atoms with E-state index in [0.717, 1.165) is 18.4 Å². The van der Waals surface area contributed by atoms with Gasteiger partial charge in [0.2, 0.25) is 11.8 Å². The second-order valence-corrected chi connectivity index (χ2v) is 5.84. The van der Waals surface area contributed by atoms with E-state index in [2.05, 4.69) is 10.6 Å². The maximum Gasteiger partial charge on any atom is 0.242 e. The number of likely N-dealkylation sites (N-methyl/N-ethyl adjacent to an activating group) is 1. The first-order valence-electron chi connectivity index (χ1n) is 6.99. The number of halogens is 1. The third-order valence-corrected chi connectivity index (χ3v) is 3.62. The highest BCUT2D eigenvalue weighted by Gasteiger charge is 2.24. The second-order valence-electron chi connectivity index (χ2n) is 5.43. The van der Waals surface area contributed by atoms with Crippen LogP contribution in [0.5, 0.6) is 0 Å². The van der Waals surface area contributed by atoms with Crippen molar-refractivity contribution < 1.29 is 9.59 Å². The van der Waals surface area contributed by atoms with E-state index >= 15 is 0 Å². The van der Waals surface area contributed by atoms with E-state index in [4.69, 9.17) is 11.6 Å². The SMILES string of the molecule is Cc1ccc(NCC(=O)N(C)CC(=O)NC2CC2)c(Cl)c1. The van der Waals surface area contributed by atoms with Crippen LogP contribution in [0.4, 0.5) is 5.69 Å². The van der Waals surface area contributed by atoms with E-state index in [9.17, 15) is 9.59 Å². The van der Waals surface area contributed by atoms with Crippen LogP contribution in [0.15, 0.2) is 18.2 Å². The first kappa shape index (κ1) is 15.6. The molecule has 0 saturated heterocycles. The van der Waals surface area contributed by atoms with E-state index in [1.54, 1.807) is 7.05 Å². The van der Waals surface area contributed by atoms with Gasteiger partial charge in [-0.05, 0) is 37.5 Å². The molecule has 0 aromatic heterocycles. The zero-order valence-electron chi connectivity index (χ0n) is 12.3. The number of hydrogen-bond donors (Lipinski definition) is 2. The number of hydrogen-bond acceptors (Lipinski definition) is 3. The summed E-state index contributed by atoms with van der Waals surface area (Å²) < 4.78 is 0. The molecule has 0 atom stereocenters. The highest BCUT2D eigenvalue weighted by atomic mass is 35.5. The smallest absolute Gasteiger partial charge is 0.242 e. The lowest BCUT2D eigenvalue weighted by Crippen LogP contribution is -2.41. The number of benzene rings is 1. The van der Waals surface area contributed by atoms with Crippen molar-refractivity contribution in [3.05, 3.63) is 28.8 Å². The Morgan fingerprint density at radius 3 is 2.71 bits per heavy atom. The molecule has 0 aliphatic heterocycles. The van der Waals surface area contributed by atoms with Crippen LogP contribution in [0.1, 0.15) is 18.4 Å². The number of carbonyl (C=O) groups excluding carboxylic acids is 2. The molecule has 0 unspecified atom stereocenters. The number of anilines is 1. The minimum absolute atomic E-state index is 0.0820. The van der Waals surface area contributed by atoms with Crippen LogP contribution in [0.3, 0.4) is 0 Å². The number of amides is 2. The number of aryl methyl sites for hydroxylation is 1. The van der Waals surface area contributed by atoms with Gasteiger partial charge in [-0.3, -0.25) is 9.59 Å². The normalized spacial score (nSPS) is 13.7. The molecule has 114 valence electrons. The quantitative estimate of drug-likeness (QED) is 0.842. The lowest BCUT2D eigenvalue weighted by Gasteiger charge is -2.17. The van der Waals surface area contributed by atoms with Crippen LogP contribution in [0.25, 0.3) is 0 Å². The molecule has 1 aliphatic carbocycles. The summed E-state index contributed by atoms with van der Waals surface area (Å²) in [6.45, 7) is 2.14. The Kier molecular flexibility index (Phi) is 5.07. The molecule has 1 aromatic carbocycles. The fourth-order valence-corrected chi connectivity index (χ4v) is 2.18. The molecule has 1 fully saturated rings. The average molecular weight is 310 g/mol.